The smallest absolute Gasteiger partial charge is 0.234 e. The number of carbonyl (C=O) groups excluding carboxylic acids is 1. The Morgan fingerprint density at radius 2 is 1.96 bits per heavy atom. The molecule has 0 saturated heterocycles. The number of para-hydroxylation sites is 1. The molecule has 3 aromatic rings. The lowest BCUT2D eigenvalue weighted by Gasteiger charge is -2.18. The average molecular weight is 366 g/mol. The van der Waals surface area contributed by atoms with Gasteiger partial charge in [0.2, 0.25) is 12.7 Å². The van der Waals surface area contributed by atoms with Gasteiger partial charge in [0.05, 0.1) is 12.6 Å². The minimum Gasteiger partial charge on any atom is -0.459 e. The lowest BCUT2D eigenvalue weighted by Crippen LogP contribution is -2.36. The van der Waals surface area contributed by atoms with Crippen LogP contribution in [0.5, 0.6) is 11.5 Å². The Kier molecular flexibility index (Phi) is 4.73. The highest BCUT2D eigenvalue weighted by atomic mass is 16.7. The van der Waals surface area contributed by atoms with E-state index in [0.717, 1.165) is 33.8 Å². The minimum atomic E-state index is -0.191. The van der Waals surface area contributed by atoms with Gasteiger partial charge in [-0.1, -0.05) is 24.3 Å². The molecule has 140 valence electrons. The molecule has 6 nitrogen and oxygen atoms in total. The highest BCUT2D eigenvalue weighted by Gasteiger charge is 2.17. The van der Waals surface area contributed by atoms with Gasteiger partial charge in [-0.05, 0) is 43.8 Å². The predicted octanol–water partition coefficient (Wildman–Crippen LogP) is 3.47. The van der Waals surface area contributed by atoms with Gasteiger partial charge >= 0.3 is 0 Å². The van der Waals surface area contributed by atoms with E-state index in [4.69, 9.17) is 13.9 Å². The Labute approximate surface area is 157 Å². The van der Waals surface area contributed by atoms with Crippen molar-refractivity contribution in [1.29, 1.82) is 0 Å². The molecule has 0 aliphatic carbocycles. The quantitative estimate of drug-likeness (QED) is 0.724. The molecule has 2 heterocycles. The molecule has 0 radical (unpaired) electrons. The van der Waals surface area contributed by atoms with Crippen LogP contribution in [-0.2, 0) is 11.3 Å². The Hall–Kier alpha value is -2.99. The van der Waals surface area contributed by atoms with Crippen molar-refractivity contribution in [3.63, 3.8) is 0 Å². The first-order valence-corrected chi connectivity index (χ1v) is 8.93. The lowest BCUT2D eigenvalue weighted by molar-refractivity contribution is -0.122. The number of likely N-dealkylation sites (N-methyl/N-ethyl adjacent to an activating group) is 1. The summed E-state index contributed by atoms with van der Waals surface area (Å²) in [6.07, 6.45) is 0. The van der Waals surface area contributed by atoms with Crippen LogP contribution in [0.15, 0.2) is 52.9 Å². The second-order valence-electron chi connectivity index (χ2n) is 6.84. The summed E-state index contributed by atoms with van der Waals surface area (Å²) in [4.78, 5) is 14.3. The molecule has 0 saturated carbocycles. The Morgan fingerprint density at radius 3 is 2.81 bits per heavy atom. The van der Waals surface area contributed by atoms with Crippen LogP contribution >= 0.6 is 0 Å². The second kappa shape index (κ2) is 7.32. The van der Waals surface area contributed by atoms with Gasteiger partial charge < -0.3 is 19.2 Å². The number of nitrogens with one attached hydrogen (secondary N) is 1. The van der Waals surface area contributed by atoms with Gasteiger partial charge in [-0.15, -0.1) is 0 Å². The zero-order chi connectivity index (χ0) is 18.8. The first kappa shape index (κ1) is 17.4. The van der Waals surface area contributed by atoms with Crippen LogP contribution in [0.1, 0.15) is 24.3 Å². The second-order valence-corrected chi connectivity index (χ2v) is 6.84. The fourth-order valence-electron chi connectivity index (χ4n) is 3.23. The van der Waals surface area contributed by atoms with E-state index in [1.165, 1.54) is 0 Å². The van der Waals surface area contributed by atoms with Crippen LogP contribution in [0.3, 0.4) is 0 Å². The van der Waals surface area contributed by atoms with Gasteiger partial charge in [-0.3, -0.25) is 9.69 Å². The molecule has 1 amide bonds. The monoisotopic (exact) mass is 366 g/mol. The molecule has 0 spiro atoms. The molecule has 0 fully saturated rings. The summed E-state index contributed by atoms with van der Waals surface area (Å²) in [5, 5.41) is 4.03. The van der Waals surface area contributed by atoms with Crippen molar-refractivity contribution in [2.75, 3.05) is 20.4 Å². The van der Waals surface area contributed by atoms with Crippen LogP contribution < -0.4 is 14.8 Å². The number of carbonyl (C=O) groups is 1. The third-order valence-corrected chi connectivity index (χ3v) is 4.55. The number of hydrogen-bond donors (Lipinski definition) is 1. The summed E-state index contributed by atoms with van der Waals surface area (Å²) < 4.78 is 16.5. The predicted molar refractivity (Wildman–Crippen MR) is 102 cm³/mol. The number of ether oxygens (including phenoxy) is 2. The van der Waals surface area contributed by atoms with E-state index in [1.54, 1.807) is 0 Å². The SMILES string of the molecule is C[C@H](NC(=O)CN(C)Cc1ccc2c(c1)OCO2)c1cc2ccccc2o1. The molecule has 1 atom stereocenters. The van der Waals surface area contributed by atoms with Crippen molar-refractivity contribution in [2.45, 2.75) is 19.5 Å². The maximum Gasteiger partial charge on any atom is 0.234 e. The summed E-state index contributed by atoms with van der Waals surface area (Å²) in [6.45, 7) is 3.12. The van der Waals surface area contributed by atoms with Gasteiger partial charge in [-0.2, -0.15) is 0 Å². The lowest BCUT2D eigenvalue weighted by atomic mass is 10.2. The maximum absolute atomic E-state index is 12.4. The van der Waals surface area contributed by atoms with Gasteiger partial charge in [0.15, 0.2) is 11.5 Å². The number of furan rings is 1. The first-order chi connectivity index (χ1) is 13.1. The Morgan fingerprint density at radius 1 is 1.15 bits per heavy atom. The minimum absolute atomic E-state index is 0.0498. The fraction of sp³-hybridized carbons (Fsp3) is 0.286. The summed E-state index contributed by atoms with van der Waals surface area (Å²) in [5.74, 6) is 2.22. The van der Waals surface area contributed by atoms with Gasteiger partial charge in [0.1, 0.15) is 11.3 Å². The van der Waals surface area contributed by atoms with Crippen LogP contribution in [-0.4, -0.2) is 31.2 Å². The van der Waals surface area contributed by atoms with Crippen molar-refractivity contribution in [1.82, 2.24) is 10.2 Å². The molecule has 6 heteroatoms. The molecule has 0 unspecified atom stereocenters. The number of hydrogen-bond acceptors (Lipinski definition) is 5. The number of benzene rings is 2. The Balaban J connectivity index is 1.32. The average Bonchev–Trinajstić information content (AvgIpc) is 3.27. The highest BCUT2D eigenvalue weighted by Crippen LogP contribution is 2.32. The zero-order valence-electron chi connectivity index (χ0n) is 15.4. The summed E-state index contributed by atoms with van der Waals surface area (Å²) >= 11 is 0. The topological polar surface area (TPSA) is 63.9 Å². The summed E-state index contributed by atoms with van der Waals surface area (Å²) in [7, 11) is 1.91. The molecule has 1 N–H and O–H groups in total. The van der Waals surface area contributed by atoms with Gasteiger partial charge in [0, 0.05) is 11.9 Å². The van der Waals surface area contributed by atoms with Crippen LogP contribution in [0.25, 0.3) is 11.0 Å². The molecule has 1 aliphatic rings. The molecular formula is C21H22N2O4. The van der Waals surface area contributed by atoms with E-state index >= 15 is 0 Å². The molecule has 27 heavy (non-hydrogen) atoms. The van der Waals surface area contributed by atoms with Gasteiger partial charge in [0.25, 0.3) is 0 Å². The van der Waals surface area contributed by atoms with Gasteiger partial charge in [-0.25, -0.2) is 0 Å². The van der Waals surface area contributed by atoms with Crippen molar-refractivity contribution < 1.29 is 18.7 Å². The molecule has 2 aromatic carbocycles. The van der Waals surface area contributed by atoms with Crippen LogP contribution in [0, 0.1) is 0 Å². The highest BCUT2D eigenvalue weighted by molar-refractivity contribution is 5.80. The summed E-state index contributed by atoms with van der Waals surface area (Å²) in [6, 6.07) is 15.4. The third kappa shape index (κ3) is 3.90. The molecule has 0 bridgehead atoms. The van der Waals surface area contributed by atoms with E-state index in [0.29, 0.717) is 13.1 Å². The molecule has 1 aromatic heterocycles. The largest absolute Gasteiger partial charge is 0.459 e. The van der Waals surface area contributed by atoms with Crippen LogP contribution in [0.4, 0.5) is 0 Å². The van der Waals surface area contributed by atoms with Crippen molar-refractivity contribution in [2.24, 2.45) is 0 Å². The van der Waals surface area contributed by atoms with Crippen molar-refractivity contribution in [3.05, 3.63) is 59.9 Å². The van der Waals surface area contributed by atoms with E-state index < -0.39 is 0 Å². The van der Waals surface area contributed by atoms with Crippen molar-refractivity contribution >= 4 is 16.9 Å². The van der Waals surface area contributed by atoms with Crippen molar-refractivity contribution in [3.8, 4) is 11.5 Å². The Bertz CT molecular complexity index is 933. The number of nitrogens with zero attached hydrogens (tertiary/aromatic N) is 1. The summed E-state index contributed by atoms with van der Waals surface area (Å²) in [5.41, 5.74) is 1.90. The standard InChI is InChI=1S/C21H22N2O4/c1-14(19-10-16-5-3-4-6-17(16)27-19)22-21(24)12-23(2)11-15-7-8-18-20(9-15)26-13-25-18/h3-10,14H,11-13H2,1-2H3,(H,22,24)/t14-/m0/s1. The molecular weight excluding hydrogens is 344 g/mol. The van der Waals surface area contributed by atoms with E-state index in [-0.39, 0.29) is 18.7 Å². The number of amides is 1. The molecule has 1 aliphatic heterocycles. The third-order valence-electron chi connectivity index (χ3n) is 4.55. The van der Waals surface area contributed by atoms with E-state index in [2.05, 4.69) is 5.32 Å². The van der Waals surface area contributed by atoms with E-state index in [1.807, 2.05) is 67.4 Å². The van der Waals surface area contributed by atoms with E-state index in [9.17, 15) is 4.79 Å². The zero-order valence-corrected chi connectivity index (χ0v) is 15.4. The fourth-order valence-corrected chi connectivity index (χ4v) is 3.23. The molecule has 4 rings (SSSR count). The first-order valence-electron chi connectivity index (χ1n) is 8.93. The van der Waals surface area contributed by atoms with Crippen LogP contribution in [0.2, 0.25) is 0 Å². The number of fused-ring (bicyclic) bond motifs is 2. The maximum atomic E-state index is 12.4. The number of rotatable bonds is 6. The normalized spacial score (nSPS) is 13.9.